The van der Waals surface area contributed by atoms with Gasteiger partial charge in [-0.25, -0.2) is 0 Å². The Bertz CT molecular complexity index is 1350. The van der Waals surface area contributed by atoms with Crippen molar-refractivity contribution in [3.8, 4) is 0 Å². The third-order valence-electron chi connectivity index (χ3n) is 12.6. The minimum absolute atomic E-state index is 0.0861. The lowest BCUT2D eigenvalue weighted by Crippen LogP contribution is -2.30. The first kappa shape index (κ1) is 66.6. The second kappa shape index (κ2) is 58.2. The summed E-state index contributed by atoms with van der Waals surface area (Å²) in [5.74, 6) is -0.906. The van der Waals surface area contributed by atoms with Crippen molar-refractivity contribution in [3.63, 3.8) is 0 Å². The maximum atomic E-state index is 12.9. The van der Waals surface area contributed by atoms with Crippen LogP contribution in [0.1, 0.15) is 284 Å². The molecule has 0 saturated carbocycles. The predicted molar refractivity (Wildman–Crippen MR) is 302 cm³/mol. The molecule has 0 rings (SSSR count). The van der Waals surface area contributed by atoms with E-state index in [-0.39, 0.29) is 31.1 Å². The van der Waals surface area contributed by atoms with E-state index in [1.54, 1.807) is 0 Å². The highest BCUT2D eigenvalue weighted by molar-refractivity contribution is 5.71. The molecule has 0 fully saturated rings. The van der Waals surface area contributed by atoms with Gasteiger partial charge < -0.3 is 14.2 Å². The van der Waals surface area contributed by atoms with Gasteiger partial charge in [0, 0.05) is 19.3 Å². The summed E-state index contributed by atoms with van der Waals surface area (Å²) in [6, 6.07) is 0. The van der Waals surface area contributed by atoms with Crippen molar-refractivity contribution in [2.24, 2.45) is 0 Å². The first-order valence-corrected chi connectivity index (χ1v) is 29.6. The maximum absolute atomic E-state index is 12.9. The molecule has 6 nitrogen and oxygen atoms in total. The minimum atomic E-state index is -0.789. The molecule has 0 aromatic carbocycles. The number of carbonyl (C=O) groups excluding carboxylic acids is 3. The lowest BCUT2D eigenvalue weighted by Gasteiger charge is -2.18. The van der Waals surface area contributed by atoms with E-state index in [4.69, 9.17) is 14.2 Å². The van der Waals surface area contributed by atoms with Gasteiger partial charge in [0.1, 0.15) is 13.2 Å². The number of unbranched alkanes of at least 4 members (excludes halogenated alkanes) is 28. The molecule has 1 unspecified atom stereocenters. The molecule has 402 valence electrons. The molecule has 0 aliphatic carbocycles. The first-order chi connectivity index (χ1) is 34.5. The zero-order valence-corrected chi connectivity index (χ0v) is 46.0. The van der Waals surface area contributed by atoms with Crippen LogP contribution in [0.5, 0.6) is 0 Å². The van der Waals surface area contributed by atoms with Gasteiger partial charge in [0.25, 0.3) is 0 Å². The Morgan fingerprint density at radius 3 is 0.929 bits per heavy atom. The number of ether oxygens (including phenoxy) is 3. The fourth-order valence-electron chi connectivity index (χ4n) is 8.15. The van der Waals surface area contributed by atoms with Crippen LogP contribution in [0.25, 0.3) is 0 Å². The molecule has 70 heavy (non-hydrogen) atoms. The lowest BCUT2D eigenvalue weighted by molar-refractivity contribution is -0.167. The van der Waals surface area contributed by atoms with Gasteiger partial charge in [-0.3, -0.25) is 14.4 Å². The molecule has 0 radical (unpaired) electrons. The summed E-state index contributed by atoms with van der Waals surface area (Å²) in [7, 11) is 0. The van der Waals surface area contributed by atoms with E-state index in [0.717, 1.165) is 116 Å². The summed E-state index contributed by atoms with van der Waals surface area (Å²) in [5.41, 5.74) is 0. The number of carbonyl (C=O) groups is 3. The molecule has 0 amide bonds. The van der Waals surface area contributed by atoms with Crippen molar-refractivity contribution >= 4 is 17.9 Å². The van der Waals surface area contributed by atoms with E-state index in [0.29, 0.717) is 19.3 Å². The van der Waals surface area contributed by atoms with Crippen LogP contribution < -0.4 is 0 Å². The highest BCUT2D eigenvalue weighted by atomic mass is 16.6. The van der Waals surface area contributed by atoms with Crippen LogP contribution in [-0.2, 0) is 28.6 Å². The van der Waals surface area contributed by atoms with E-state index in [9.17, 15) is 14.4 Å². The van der Waals surface area contributed by atoms with Crippen LogP contribution in [0.15, 0.2) is 85.1 Å². The smallest absolute Gasteiger partial charge is 0.306 e. The monoisotopic (exact) mass is 975 g/mol. The van der Waals surface area contributed by atoms with E-state index in [1.165, 1.54) is 128 Å². The van der Waals surface area contributed by atoms with E-state index >= 15 is 0 Å². The highest BCUT2D eigenvalue weighted by Gasteiger charge is 2.19. The Hall–Kier alpha value is -3.41. The number of hydrogen-bond acceptors (Lipinski definition) is 6. The minimum Gasteiger partial charge on any atom is -0.462 e. The Morgan fingerprint density at radius 2 is 0.571 bits per heavy atom. The molecule has 0 bridgehead atoms. The van der Waals surface area contributed by atoms with E-state index in [1.807, 2.05) is 0 Å². The molecule has 0 spiro atoms. The van der Waals surface area contributed by atoms with Gasteiger partial charge >= 0.3 is 17.9 Å². The van der Waals surface area contributed by atoms with Gasteiger partial charge in [0.2, 0.25) is 0 Å². The molecule has 0 aromatic rings. The predicted octanol–water partition coefficient (Wildman–Crippen LogP) is 19.9. The summed E-state index contributed by atoms with van der Waals surface area (Å²) in [4.78, 5) is 38.2. The number of rotatable bonds is 53. The van der Waals surface area contributed by atoms with Gasteiger partial charge in [-0.1, -0.05) is 241 Å². The fraction of sp³-hybridized carbons (Fsp3) is 0.734. The van der Waals surface area contributed by atoms with E-state index < -0.39 is 6.10 Å². The zero-order valence-electron chi connectivity index (χ0n) is 46.0. The number of allylic oxidation sites excluding steroid dienone is 14. The Labute approximate surface area is 433 Å². The van der Waals surface area contributed by atoms with Gasteiger partial charge in [-0.05, 0) is 109 Å². The lowest BCUT2D eigenvalue weighted by atomic mass is 10.1. The SMILES string of the molecule is CC/C=C\C/C=C\C/C=C\C/C=C\CCCCCCCCCCCCC(=O)OCC(COC(=O)CCCCCCC/C=C\C/C=C\CCCC)OC(=O)CCCCCCC/C=C\CCCCCCCC. The Morgan fingerprint density at radius 1 is 0.300 bits per heavy atom. The van der Waals surface area contributed by atoms with Gasteiger partial charge in [-0.2, -0.15) is 0 Å². The molecule has 0 aromatic heterocycles. The second-order valence-electron chi connectivity index (χ2n) is 19.5. The molecule has 0 aliphatic heterocycles. The third kappa shape index (κ3) is 55.5. The molecule has 0 N–H and O–H groups in total. The summed E-state index contributed by atoms with van der Waals surface area (Å²) < 4.78 is 16.9. The average molecular weight is 976 g/mol. The van der Waals surface area contributed by atoms with Crippen LogP contribution >= 0.6 is 0 Å². The van der Waals surface area contributed by atoms with E-state index in [2.05, 4.69) is 106 Å². The second-order valence-corrected chi connectivity index (χ2v) is 19.5. The maximum Gasteiger partial charge on any atom is 0.306 e. The quantitative estimate of drug-likeness (QED) is 0.0261. The van der Waals surface area contributed by atoms with Crippen molar-refractivity contribution in [2.45, 2.75) is 290 Å². The van der Waals surface area contributed by atoms with Crippen LogP contribution in [-0.4, -0.2) is 37.2 Å². The topological polar surface area (TPSA) is 78.9 Å². The van der Waals surface area contributed by atoms with Crippen LogP contribution in [0.3, 0.4) is 0 Å². The summed E-state index contributed by atoms with van der Waals surface area (Å²) in [6.45, 7) is 6.48. The van der Waals surface area contributed by atoms with Gasteiger partial charge in [0.15, 0.2) is 6.10 Å². The van der Waals surface area contributed by atoms with Crippen molar-refractivity contribution in [1.29, 1.82) is 0 Å². The van der Waals surface area contributed by atoms with Crippen molar-refractivity contribution in [1.82, 2.24) is 0 Å². The average Bonchev–Trinajstić information content (AvgIpc) is 3.36. The largest absolute Gasteiger partial charge is 0.462 e. The van der Waals surface area contributed by atoms with Crippen LogP contribution in [0.2, 0.25) is 0 Å². The van der Waals surface area contributed by atoms with Crippen LogP contribution in [0, 0.1) is 0 Å². The molecule has 6 heteroatoms. The van der Waals surface area contributed by atoms with Crippen molar-refractivity contribution < 1.29 is 28.6 Å². The summed E-state index contributed by atoms with van der Waals surface area (Å²) >= 11 is 0. The number of esters is 3. The van der Waals surface area contributed by atoms with Crippen molar-refractivity contribution in [3.05, 3.63) is 85.1 Å². The normalized spacial score (nSPS) is 12.7. The molecular weight excluding hydrogens is 865 g/mol. The molecule has 0 saturated heterocycles. The van der Waals surface area contributed by atoms with Gasteiger partial charge in [0.05, 0.1) is 0 Å². The first-order valence-electron chi connectivity index (χ1n) is 29.6. The zero-order chi connectivity index (χ0) is 50.7. The fourth-order valence-corrected chi connectivity index (χ4v) is 8.15. The Balaban J connectivity index is 4.35. The molecule has 0 aliphatic rings. The summed E-state index contributed by atoms with van der Waals surface area (Å²) in [6.07, 6.45) is 75.7. The molecular formula is C64H110O6. The molecule has 0 heterocycles. The van der Waals surface area contributed by atoms with Crippen LogP contribution in [0.4, 0.5) is 0 Å². The summed E-state index contributed by atoms with van der Waals surface area (Å²) in [5, 5.41) is 0. The van der Waals surface area contributed by atoms with Crippen molar-refractivity contribution in [2.75, 3.05) is 13.2 Å². The molecule has 1 atom stereocenters. The number of hydrogen-bond donors (Lipinski definition) is 0. The standard InChI is InChI=1S/C64H110O6/c1-4-7-10-13-16-19-22-25-28-29-30-31-32-33-34-35-37-39-42-45-48-51-54-57-63(66)69-60-61(59-68-62(65)56-53-50-47-44-41-38-27-24-21-18-15-12-9-6-3)70-64(67)58-55-52-49-46-43-40-36-26-23-20-17-14-11-8-5-2/h7,10,15-16,18-19,24-28,30-31,36,61H,4-6,8-9,11-14,17,20-23,29,32-35,37-60H2,1-3H3/b10-7-,18-15-,19-16-,27-24-,28-25-,31-30-,36-26-. The van der Waals surface area contributed by atoms with Gasteiger partial charge in [-0.15, -0.1) is 0 Å². The Kier molecular flexibility index (Phi) is 55.3. The third-order valence-corrected chi connectivity index (χ3v) is 12.6. The highest BCUT2D eigenvalue weighted by Crippen LogP contribution is 2.15.